The van der Waals surface area contributed by atoms with E-state index in [0.717, 1.165) is 5.56 Å². The maximum atomic E-state index is 10.6. The number of benzene rings is 1. The highest BCUT2D eigenvalue weighted by Gasteiger charge is 1.93. The van der Waals surface area contributed by atoms with Crippen LogP contribution in [0.3, 0.4) is 0 Å². The second-order valence-electron chi connectivity index (χ2n) is 2.65. The molecule has 0 heterocycles. The average molecular weight is 204 g/mol. The van der Waals surface area contributed by atoms with Crippen molar-refractivity contribution >= 4 is 5.78 Å². The Bertz CT molecular complexity index is 280. The van der Waals surface area contributed by atoms with Gasteiger partial charge in [0.05, 0.1) is 0 Å². The summed E-state index contributed by atoms with van der Waals surface area (Å²) >= 11 is 0. The molecule has 1 aromatic rings. The summed E-state index contributed by atoms with van der Waals surface area (Å²) in [5, 5.41) is 0. The van der Waals surface area contributed by atoms with Crippen LogP contribution in [-0.2, 0) is 11.2 Å². The van der Waals surface area contributed by atoms with E-state index in [4.69, 9.17) is 0 Å². The SMILES string of the molecule is C#CC.CC.CC(=O)Cc1ccccc1. The zero-order chi connectivity index (χ0) is 12.1. The molecule has 0 aliphatic rings. The van der Waals surface area contributed by atoms with E-state index in [2.05, 4.69) is 12.3 Å². The van der Waals surface area contributed by atoms with Crippen molar-refractivity contribution in [3.05, 3.63) is 35.9 Å². The van der Waals surface area contributed by atoms with Gasteiger partial charge in [-0.15, -0.1) is 12.3 Å². The lowest BCUT2D eigenvalue weighted by Crippen LogP contribution is -1.94. The fourth-order valence-electron chi connectivity index (χ4n) is 0.883. The van der Waals surface area contributed by atoms with E-state index >= 15 is 0 Å². The van der Waals surface area contributed by atoms with Crippen LogP contribution < -0.4 is 0 Å². The fraction of sp³-hybridized carbons (Fsp3) is 0.357. The second kappa shape index (κ2) is 12.4. The van der Waals surface area contributed by atoms with Crippen LogP contribution in [-0.4, -0.2) is 5.78 Å². The van der Waals surface area contributed by atoms with Crippen LogP contribution in [0.4, 0.5) is 0 Å². The second-order valence-corrected chi connectivity index (χ2v) is 2.65. The molecule has 1 aromatic carbocycles. The number of carbonyl (C=O) groups is 1. The minimum absolute atomic E-state index is 0.214. The molecule has 0 aromatic heterocycles. The Morgan fingerprint density at radius 3 is 2.00 bits per heavy atom. The van der Waals surface area contributed by atoms with Gasteiger partial charge in [0.1, 0.15) is 5.78 Å². The predicted octanol–water partition coefficient (Wildman–Crippen LogP) is 3.48. The van der Waals surface area contributed by atoms with Gasteiger partial charge in [-0.1, -0.05) is 44.2 Å². The zero-order valence-electron chi connectivity index (χ0n) is 10.1. The number of terminal acetylenes is 1. The molecule has 82 valence electrons. The molecule has 0 N–H and O–H groups in total. The maximum absolute atomic E-state index is 10.6. The Kier molecular flexibility index (Phi) is 13.2. The van der Waals surface area contributed by atoms with Crippen molar-refractivity contribution in [2.45, 2.75) is 34.1 Å². The largest absolute Gasteiger partial charge is 0.300 e. The van der Waals surface area contributed by atoms with Crippen molar-refractivity contribution < 1.29 is 4.79 Å². The van der Waals surface area contributed by atoms with E-state index in [1.807, 2.05) is 44.2 Å². The molecule has 0 fully saturated rings. The van der Waals surface area contributed by atoms with Crippen LogP contribution in [0.2, 0.25) is 0 Å². The third kappa shape index (κ3) is 12.4. The molecule has 0 atom stereocenters. The summed E-state index contributed by atoms with van der Waals surface area (Å²) in [5.74, 6) is 2.46. The van der Waals surface area contributed by atoms with Crippen molar-refractivity contribution in [3.63, 3.8) is 0 Å². The first kappa shape index (κ1) is 15.9. The normalized spacial score (nSPS) is 7.13. The Morgan fingerprint density at radius 2 is 1.67 bits per heavy atom. The monoisotopic (exact) mass is 204 g/mol. The Morgan fingerprint density at radius 1 is 1.27 bits per heavy atom. The summed E-state index contributed by atoms with van der Waals surface area (Å²) in [4.78, 5) is 10.6. The van der Waals surface area contributed by atoms with Crippen LogP contribution in [0.15, 0.2) is 30.3 Å². The van der Waals surface area contributed by atoms with Crippen molar-refractivity contribution in [1.82, 2.24) is 0 Å². The van der Waals surface area contributed by atoms with Gasteiger partial charge >= 0.3 is 0 Å². The van der Waals surface area contributed by atoms with Crippen molar-refractivity contribution in [1.29, 1.82) is 0 Å². The molecule has 0 unspecified atom stereocenters. The number of ketones is 1. The standard InChI is InChI=1S/C9H10O.C3H4.C2H6/c1-8(10)7-9-5-3-2-4-6-9;1-3-2;1-2/h2-6H,7H2,1H3;1H,2H3;1-2H3. The molecule has 0 bridgehead atoms. The maximum Gasteiger partial charge on any atom is 0.134 e. The summed E-state index contributed by atoms with van der Waals surface area (Å²) in [6.07, 6.45) is 5.15. The highest BCUT2D eigenvalue weighted by Crippen LogP contribution is 1.98. The van der Waals surface area contributed by atoms with Gasteiger partial charge in [0.25, 0.3) is 0 Å². The molecule has 1 nitrogen and oxygen atoms in total. The molecule has 0 saturated carbocycles. The molecular formula is C14H20O. The van der Waals surface area contributed by atoms with Crippen LogP contribution in [0.5, 0.6) is 0 Å². The van der Waals surface area contributed by atoms with Crippen molar-refractivity contribution in [2.24, 2.45) is 0 Å². The summed E-state index contributed by atoms with van der Waals surface area (Å²) in [6.45, 7) is 7.26. The first-order chi connectivity index (χ1) is 7.20. The van der Waals surface area contributed by atoms with E-state index in [0.29, 0.717) is 6.42 Å². The quantitative estimate of drug-likeness (QED) is 0.674. The topological polar surface area (TPSA) is 17.1 Å². The zero-order valence-corrected chi connectivity index (χ0v) is 10.1. The molecule has 1 rings (SSSR count). The van der Waals surface area contributed by atoms with Gasteiger partial charge < -0.3 is 0 Å². The highest BCUT2D eigenvalue weighted by atomic mass is 16.1. The molecular weight excluding hydrogens is 184 g/mol. The highest BCUT2D eigenvalue weighted by molar-refractivity contribution is 5.78. The van der Waals surface area contributed by atoms with Gasteiger partial charge in [-0.3, -0.25) is 4.79 Å². The van der Waals surface area contributed by atoms with Gasteiger partial charge in [0, 0.05) is 6.42 Å². The van der Waals surface area contributed by atoms with Crippen LogP contribution in [0.1, 0.15) is 33.3 Å². The summed E-state index contributed by atoms with van der Waals surface area (Å²) in [5.41, 5.74) is 1.09. The van der Waals surface area contributed by atoms with Gasteiger partial charge in [-0.05, 0) is 19.4 Å². The van der Waals surface area contributed by atoms with Crippen molar-refractivity contribution in [3.8, 4) is 12.3 Å². The number of Topliss-reactive ketones (excluding diaryl/α,β-unsaturated/α-hetero) is 1. The summed E-state index contributed by atoms with van der Waals surface area (Å²) in [6, 6.07) is 9.75. The van der Waals surface area contributed by atoms with Gasteiger partial charge in [0.2, 0.25) is 0 Å². The van der Waals surface area contributed by atoms with Crippen LogP contribution in [0.25, 0.3) is 0 Å². The molecule has 0 amide bonds. The first-order valence-electron chi connectivity index (χ1n) is 5.11. The Balaban J connectivity index is 0. The van der Waals surface area contributed by atoms with E-state index in [1.165, 1.54) is 0 Å². The molecule has 0 aliphatic heterocycles. The van der Waals surface area contributed by atoms with Gasteiger partial charge in [-0.25, -0.2) is 0 Å². The summed E-state index contributed by atoms with van der Waals surface area (Å²) in [7, 11) is 0. The first-order valence-corrected chi connectivity index (χ1v) is 5.11. The molecule has 0 radical (unpaired) electrons. The van der Waals surface area contributed by atoms with Gasteiger partial charge in [0.15, 0.2) is 0 Å². The lowest BCUT2D eigenvalue weighted by atomic mass is 10.1. The lowest BCUT2D eigenvalue weighted by Gasteiger charge is -1.93. The number of hydrogen-bond donors (Lipinski definition) is 0. The number of rotatable bonds is 2. The lowest BCUT2D eigenvalue weighted by molar-refractivity contribution is -0.116. The Hall–Kier alpha value is -1.55. The molecule has 0 spiro atoms. The Labute approximate surface area is 93.5 Å². The van der Waals surface area contributed by atoms with Crippen molar-refractivity contribution in [2.75, 3.05) is 0 Å². The van der Waals surface area contributed by atoms with Crippen LogP contribution in [0, 0.1) is 12.3 Å². The van der Waals surface area contributed by atoms with E-state index in [1.54, 1.807) is 13.8 Å². The van der Waals surface area contributed by atoms with E-state index < -0.39 is 0 Å². The third-order valence-corrected chi connectivity index (χ3v) is 1.30. The van der Waals surface area contributed by atoms with Crippen LogP contribution >= 0.6 is 0 Å². The molecule has 15 heavy (non-hydrogen) atoms. The number of hydrogen-bond acceptors (Lipinski definition) is 1. The summed E-state index contributed by atoms with van der Waals surface area (Å²) < 4.78 is 0. The fourth-order valence-corrected chi connectivity index (χ4v) is 0.883. The third-order valence-electron chi connectivity index (χ3n) is 1.30. The van der Waals surface area contributed by atoms with E-state index in [9.17, 15) is 4.79 Å². The predicted molar refractivity (Wildman–Crippen MR) is 66.7 cm³/mol. The number of carbonyl (C=O) groups excluding carboxylic acids is 1. The molecule has 0 saturated heterocycles. The average Bonchev–Trinajstić information content (AvgIpc) is 2.22. The molecule has 1 heteroatoms. The minimum atomic E-state index is 0.214. The minimum Gasteiger partial charge on any atom is -0.300 e. The van der Waals surface area contributed by atoms with E-state index in [-0.39, 0.29) is 5.78 Å². The smallest absolute Gasteiger partial charge is 0.134 e. The van der Waals surface area contributed by atoms with Gasteiger partial charge in [-0.2, -0.15) is 0 Å². The molecule has 0 aliphatic carbocycles.